The second-order valence-electron chi connectivity index (χ2n) is 3.82. The van der Waals surface area contributed by atoms with Crippen molar-refractivity contribution in [2.24, 2.45) is 0 Å². The highest BCUT2D eigenvalue weighted by Gasteiger charge is 2.02. The Morgan fingerprint density at radius 3 is 2.71 bits per heavy atom. The molecule has 17 heavy (non-hydrogen) atoms. The number of hydrogen-bond acceptors (Lipinski definition) is 5. The van der Waals surface area contributed by atoms with Crippen LogP contribution in [0, 0.1) is 0 Å². The fourth-order valence-electron chi connectivity index (χ4n) is 1.50. The van der Waals surface area contributed by atoms with Crippen LogP contribution in [0.1, 0.15) is 13.3 Å². The molecule has 0 bridgehead atoms. The summed E-state index contributed by atoms with van der Waals surface area (Å²) in [6.07, 6.45) is 3.79. The molecule has 0 aliphatic heterocycles. The number of aromatic nitrogens is 1. The lowest BCUT2D eigenvalue weighted by Crippen LogP contribution is -2.18. The van der Waals surface area contributed by atoms with E-state index < -0.39 is 6.10 Å². The van der Waals surface area contributed by atoms with Crippen LogP contribution in [-0.2, 0) is 4.74 Å². The van der Waals surface area contributed by atoms with Crippen LogP contribution in [0.25, 0.3) is 0 Å². The van der Waals surface area contributed by atoms with Gasteiger partial charge in [-0.2, -0.15) is 0 Å². The van der Waals surface area contributed by atoms with Gasteiger partial charge in [-0.1, -0.05) is 0 Å². The van der Waals surface area contributed by atoms with Crippen molar-refractivity contribution in [1.82, 2.24) is 4.98 Å². The highest BCUT2D eigenvalue weighted by molar-refractivity contribution is 5.53. The summed E-state index contributed by atoms with van der Waals surface area (Å²) < 4.78 is 4.86. The Labute approximate surface area is 102 Å². The van der Waals surface area contributed by atoms with Gasteiger partial charge in [0.1, 0.15) is 0 Å². The number of pyridine rings is 1. The van der Waals surface area contributed by atoms with Gasteiger partial charge in [0.25, 0.3) is 0 Å². The summed E-state index contributed by atoms with van der Waals surface area (Å²) in [6.45, 7) is 3.98. The summed E-state index contributed by atoms with van der Waals surface area (Å²) in [5.74, 6) is 0. The van der Waals surface area contributed by atoms with Gasteiger partial charge in [0.15, 0.2) is 0 Å². The van der Waals surface area contributed by atoms with Gasteiger partial charge in [0, 0.05) is 20.2 Å². The van der Waals surface area contributed by atoms with Crippen LogP contribution in [-0.4, -0.2) is 43.0 Å². The lowest BCUT2D eigenvalue weighted by Gasteiger charge is -2.11. The Morgan fingerprint density at radius 1 is 1.35 bits per heavy atom. The summed E-state index contributed by atoms with van der Waals surface area (Å²) in [6, 6.07) is 2.00. The Kier molecular flexibility index (Phi) is 6.35. The lowest BCUT2D eigenvalue weighted by atomic mass is 10.2. The van der Waals surface area contributed by atoms with Crippen LogP contribution in [0.2, 0.25) is 0 Å². The molecule has 0 saturated heterocycles. The first-order chi connectivity index (χ1) is 8.26. The fraction of sp³-hybridized carbons (Fsp3) is 0.583. The second-order valence-corrected chi connectivity index (χ2v) is 3.82. The van der Waals surface area contributed by atoms with Crippen molar-refractivity contribution in [3.63, 3.8) is 0 Å². The van der Waals surface area contributed by atoms with E-state index in [0.717, 1.165) is 17.9 Å². The molecule has 0 spiro atoms. The van der Waals surface area contributed by atoms with Gasteiger partial charge in [-0.05, 0) is 19.4 Å². The predicted molar refractivity (Wildman–Crippen MR) is 69.4 cm³/mol. The maximum absolute atomic E-state index is 9.47. The topological polar surface area (TPSA) is 66.4 Å². The van der Waals surface area contributed by atoms with E-state index in [1.807, 2.05) is 13.0 Å². The summed E-state index contributed by atoms with van der Waals surface area (Å²) in [4.78, 5) is 4.13. The van der Waals surface area contributed by atoms with Gasteiger partial charge in [-0.3, -0.25) is 4.98 Å². The van der Waals surface area contributed by atoms with Gasteiger partial charge in [-0.15, -0.1) is 0 Å². The van der Waals surface area contributed by atoms with Crippen LogP contribution < -0.4 is 10.6 Å². The molecule has 5 nitrogen and oxygen atoms in total. The largest absolute Gasteiger partial charge is 0.391 e. The molecule has 3 N–H and O–H groups in total. The van der Waals surface area contributed by atoms with E-state index in [-0.39, 0.29) is 0 Å². The van der Waals surface area contributed by atoms with E-state index in [0.29, 0.717) is 19.6 Å². The van der Waals surface area contributed by atoms with Crippen LogP contribution in [0.3, 0.4) is 0 Å². The summed E-state index contributed by atoms with van der Waals surface area (Å²) in [5.41, 5.74) is 1.95. The van der Waals surface area contributed by atoms with Gasteiger partial charge >= 0.3 is 0 Å². The lowest BCUT2D eigenvalue weighted by molar-refractivity contribution is 0.0615. The molecule has 0 aliphatic rings. The Balaban J connectivity index is 2.33. The van der Waals surface area contributed by atoms with E-state index in [2.05, 4.69) is 15.6 Å². The first kappa shape index (κ1) is 13.7. The molecule has 0 aliphatic carbocycles. The van der Waals surface area contributed by atoms with Crippen molar-refractivity contribution in [1.29, 1.82) is 0 Å². The molecule has 1 aromatic rings. The third-order valence-electron chi connectivity index (χ3n) is 2.28. The standard InChI is InChI=1S/C12H21N3O2/c1-3-14-10-6-11(8-13-7-10)15-5-4-12(16)9-17-2/h6-8,12,14-16H,3-5,9H2,1-2H3. The summed E-state index contributed by atoms with van der Waals surface area (Å²) in [7, 11) is 1.58. The molecule has 0 saturated carbocycles. The Morgan fingerprint density at radius 2 is 2.06 bits per heavy atom. The molecule has 1 unspecified atom stereocenters. The van der Waals surface area contributed by atoms with Gasteiger partial charge < -0.3 is 20.5 Å². The van der Waals surface area contributed by atoms with E-state index >= 15 is 0 Å². The smallest absolute Gasteiger partial charge is 0.0790 e. The molecule has 0 aromatic carbocycles. The van der Waals surface area contributed by atoms with Gasteiger partial charge in [-0.25, -0.2) is 0 Å². The van der Waals surface area contributed by atoms with Crippen LogP contribution in [0.15, 0.2) is 18.5 Å². The van der Waals surface area contributed by atoms with Crippen LogP contribution in [0.4, 0.5) is 11.4 Å². The minimum absolute atomic E-state index is 0.372. The minimum atomic E-state index is -0.419. The maximum atomic E-state index is 9.47. The van der Waals surface area contributed by atoms with E-state index in [1.165, 1.54) is 0 Å². The first-order valence-corrected chi connectivity index (χ1v) is 5.86. The third-order valence-corrected chi connectivity index (χ3v) is 2.28. The minimum Gasteiger partial charge on any atom is -0.391 e. The number of ether oxygens (including phenoxy) is 1. The average Bonchev–Trinajstić information content (AvgIpc) is 2.30. The molecule has 1 rings (SSSR count). The molecule has 96 valence electrons. The van der Waals surface area contributed by atoms with Crippen molar-refractivity contribution >= 4 is 11.4 Å². The number of hydrogen-bond donors (Lipinski definition) is 3. The molecule has 1 aromatic heterocycles. The predicted octanol–water partition coefficient (Wildman–Crippen LogP) is 1.32. The van der Waals surface area contributed by atoms with Gasteiger partial charge in [0.2, 0.25) is 0 Å². The fourth-order valence-corrected chi connectivity index (χ4v) is 1.50. The third kappa shape index (κ3) is 5.51. The highest BCUT2D eigenvalue weighted by Crippen LogP contribution is 2.12. The SMILES string of the molecule is CCNc1cncc(NCCC(O)COC)c1. The Bertz CT molecular complexity index is 320. The molecule has 1 heterocycles. The zero-order valence-corrected chi connectivity index (χ0v) is 10.4. The van der Waals surface area contributed by atoms with Crippen molar-refractivity contribution in [2.45, 2.75) is 19.4 Å². The number of aliphatic hydroxyl groups excluding tert-OH is 1. The average molecular weight is 239 g/mol. The highest BCUT2D eigenvalue weighted by atomic mass is 16.5. The first-order valence-electron chi connectivity index (χ1n) is 5.86. The number of methoxy groups -OCH3 is 1. The number of nitrogens with zero attached hydrogens (tertiary/aromatic N) is 1. The van der Waals surface area contributed by atoms with Crippen molar-refractivity contribution in [2.75, 3.05) is 37.4 Å². The van der Waals surface area contributed by atoms with Gasteiger partial charge in [0.05, 0.1) is 36.5 Å². The van der Waals surface area contributed by atoms with Crippen molar-refractivity contribution in [3.05, 3.63) is 18.5 Å². The number of rotatable bonds is 8. The number of anilines is 2. The second kappa shape index (κ2) is 7.86. The molecule has 5 heteroatoms. The quantitative estimate of drug-likeness (QED) is 0.638. The summed E-state index contributed by atoms with van der Waals surface area (Å²) in [5, 5.41) is 15.9. The monoisotopic (exact) mass is 239 g/mol. The molecule has 0 fully saturated rings. The number of aliphatic hydroxyl groups is 1. The van der Waals surface area contributed by atoms with Crippen LogP contribution >= 0.6 is 0 Å². The molecule has 0 radical (unpaired) electrons. The molecule has 0 amide bonds. The van der Waals surface area contributed by atoms with E-state index in [4.69, 9.17) is 4.74 Å². The van der Waals surface area contributed by atoms with Crippen molar-refractivity contribution < 1.29 is 9.84 Å². The normalized spacial score (nSPS) is 12.2. The Hall–Kier alpha value is -1.33. The van der Waals surface area contributed by atoms with Crippen LogP contribution in [0.5, 0.6) is 0 Å². The molecule has 1 atom stereocenters. The van der Waals surface area contributed by atoms with E-state index in [1.54, 1.807) is 19.5 Å². The maximum Gasteiger partial charge on any atom is 0.0790 e. The zero-order valence-electron chi connectivity index (χ0n) is 10.4. The van der Waals surface area contributed by atoms with E-state index in [9.17, 15) is 5.11 Å². The zero-order chi connectivity index (χ0) is 12.5. The summed E-state index contributed by atoms with van der Waals surface area (Å²) >= 11 is 0. The molecular weight excluding hydrogens is 218 g/mol. The van der Waals surface area contributed by atoms with Crippen molar-refractivity contribution in [3.8, 4) is 0 Å². The molecular formula is C12H21N3O2. The number of nitrogens with one attached hydrogen (secondary N) is 2.